The number of benzene rings is 1. The van der Waals surface area contributed by atoms with Crippen LogP contribution in [0.15, 0.2) is 30.3 Å². The van der Waals surface area contributed by atoms with Gasteiger partial charge in [0.25, 0.3) is 0 Å². The van der Waals surface area contributed by atoms with Crippen LogP contribution in [-0.4, -0.2) is 13.1 Å². The van der Waals surface area contributed by atoms with Crippen LogP contribution in [0.1, 0.15) is 11.1 Å². The van der Waals surface area contributed by atoms with Gasteiger partial charge >= 0.3 is 5.97 Å². The van der Waals surface area contributed by atoms with Gasteiger partial charge in [0, 0.05) is 21.7 Å². The number of rotatable bonds is 2. The van der Waals surface area contributed by atoms with Crippen molar-refractivity contribution in [2.45, 2.75) is 13.3 Å². The summed E-state index contributed by atoms with van der Waals surface area (Å²) in [5.74, 6) is -0.187. The van der Waals surface area contributed by atoms with Gasteiger partial charge in [-0.25, -0.2) is 0 Å². The fourth-order valence-electron chi connectivity index (χ4n) is 1.84. The fraction of sp³-hybridized carbons (Fsp3) is 0.231. The maximum atomic E-state index is 11.2. The first-order valence-electron chi connectivity index (χ1n) is 4.93. The summed E-state index contributed by atoms with van der Waals surface area (Å²) in [7, 11) is 1.42. The van der Waals surface area contributed by atoms with E-state index in [0.29, 0.717) is 6.42 Å². The molecule has 2 aromatic rings. The third-order valence-electron chi connectivity index (χ3n) is 2.74. The second kappa shape index (κ2) is 5.38. The van der Waals surface area contributed by atoms with Gasteiger partial charge in [-0.15, -0.1) is 40.6 Å². The van der Waals surface area contributed by atoms with Crippen LogP contribution in [0.2, 0.25) is 0 Å². The van der Waals surface area contributed by atoms with Crippen molar-refractivity contribution in [3.63, 3.8) is 0 Å². The Labute approximate surface area is 110 Å². The van der Waals surface area contributed by atoms with Gasteiger partial charge in [-0.2, -0.15) is 5.56 Å². The Balaban J connectivity index is 0.00000128. The van der Waals surface area contributed by atoms with Crippen LogP contribution in [-0.2, 0) is 37.7 Å². The van der Waals surface area contributed by atoms with Crippen molar-refractivity contribution >= 4 is 16.7 Å². The third kappa shape index (κ3) is 2.39. The summed E-state index contributed by atoms with van der Waals surface area (Å²) in [6.07, 6.45) is 0.358. The molecule has 2 aromatic carbocycles. The van der Waals surface area contributed by atoms with Gasteiger partial charge in [-0.3, -0.25) is 4.79 Å². The van der Waals surface area contributed by atoms with Gasteiger partial charge in [-0.05, 0) is 0 Å². The number of aryl methyl sites for hydroxylation is 1. The van der Waals surface area contributed by atoms with E-state index in [0.717, 1.165) is 5.56 Å². The Morgan fingerprint density at radius 3 is 2.69 bits per heavy atom. The predicted octanol–water partition coefficient (Wildman–Crippen LogP) is 2.58. The first kappa shape index (κ1) is 13.1. The molecular formula is C13H13O2Ti-. The molecule has 0 aliphatic carbocycles. The Kier molecular flexibility index (Phi) is 4.39. The first-order chi connectivity index (χ1) is 7.22. The Morgan fingerprint density at radius 2 is 2.06 bits per heavy atom. The van der Waals surface area contributed by atoms with Gasteiger partial charge in [0.05, 0.1) is 13.5 Å². The minimum absolute atomic E-state index is 0. The standard InChI is InChI=1S/C13H13O2.Ti/c1-9-11(8-13(14)15-2)7-10-5-3-4-6-12(9)10;/h3-7H,8H2,1-2H3;/q-1;. The third-order valence-corrected chi connectivity index (χ3v) is 2.74. The molecule has 0 N–H and O–H groups in total. The number of methoxy groups -OCH3 is 1. The number of fused-ring (bicyclic) bond motifs is 1. The van der Waals surface area contributed by atoms with E-state index in [4.69, 9.17) is 0 Å². The van der Waals surface area contributed by atoms with Gasteiger partial charge in [-0.1, -0.05) is 13.0 Å². The summed E-state index contributed by atoms with van der Waals surface area (Å²) in [5.41, 5.74) is 2.24. The number of hydrogen-bond acceptors (Lipinski definition) is 2. The van der Waals surface area contributed by atoms with Crippen molar-refractivity contribution in [1.29, 1.82) is 0 Å². The number of ether oxygens (including phenoxy) is 1. The van der Waals surface area contributed by atoms with Crippen LogP contribution >= 0.6 is 0 Å². The monoisotopic (exact) mass is 249 g/mol. The summed E-state index contributed by atoms with van der Waals surface area (Å²) in [6.45, 7) is 2.04. The van der Waals surface area contributed by atoms with Crippen LogP contribution in [0.25, 0.3) is 10.8 Å². The van der Waals surface area contributed by atoms with E-state index in [1.54, 1.807) is 0 Å². The summed E-state index contributed by atoms with van der Waals surface area (Å²) in [6, 6.07) is 10.2. The molecule has 2 nitrogen and oxygen atoms in total. The van der Waals surface area contributed by atoms with E-state index in [-0.39, 0.29) is 27.7 Å². The molecule has 0 heterocycles. The van der Waals surface area contributed by atoms with Crippen molar-refractivity contribution in [3.8, 4) is 0 Å². The summed E-state index contributed by atoms with van der Waals surface area (Å²) in [5, 5.41) is 2.41. The Bertz CT molecular complexity index is 500. The van der Waals surface area contributed by atoms with E-state index in [2.05, 4.69) is 22.9 Å². The molecule has 3 heteroatoms. The van der Waals surface area contributed by atoms with E-state index in [1.165, 1.54) is 23.4 Å². The van der Waals surface area contributed by atoms with Gasteiger partial charge < -0.3 is 4.74 Å². The molecule has 0 bridgehead atoms. The quantitative estimate of drug-likeness (QED) is 0.464. The maximum absolute atomic E-state index is 11.2. The fourth-order valence-corrected chi connectivity index (χ4v) is 1.84. The van der Waals surface area contributed by atoms with Crippen LogP contribution < -0.4 is 0 Å². The maximum Gasteiger partial charge on any atom is 0.308 e. The number of carbonyl (C=O) groups is 1. The van der Waals surface area contributed by atoms with Crippen molar-refractivity contribution in [1.82, 2.24) is 0 Å². The van der Waals surface area contributed by atoms with E-state index in [1.807, 2.05) is 19.1 Å². The SMILES string of the molecule is COC(=O)Cc1[cH-]c2ccccc2c1C.[Ti]. The molecule has 0 radical (unpaired) electrons. The minimum atomic E-state index is -0.187. The molecule has 0 saturated carbocycles. The molecule has 0 amide bonds. The smallest absolute Gasteiger partial charge is 0.308 e. The van der Waals surface area contributed by atoms with E-state index in [9.17, 15) is 4.79 Å². The molecule has 0 saturated heterocycles. The molecule has 0 aromatic heterocycles. The molecule has 2 rings (SSSR count). The number of hydrogen-bond donors (Lipinski definition) is 0. The average molecular weight is 249 g/mol. The van der Waals surface area contributed by atoms with Crippen LogP contribution in [0, 0.1) is 6.92 Å². The number of carbonyl (C=O) groups excluding carboxylic acids is 1. The normalized spacial score (nSPS) is 9.88. The van der Waals surface area contributed by atoms with Crippen molar-refractivity contribution in [2.24, 2.45) is 0 Å². The van der Waals surface area contributed by atoms with Gasteiger partial charge in [0.2, 0.25) is 0 Å². The topological polar surface area (TPSA) is 26.3 Å². The second-order valence-corrected chi connectivity index (χ2v) is 3.63. The first-order valence-corrected chi connectivity index (χ1v) is 4.93. The molecule has 0 unspecified atom stereocenters. The van der Waals surface area contributed by atoms with Crippen molar-refractivity contribution < 1.29 is 31.2 Å². The zero-order chi connectivity index (χ0) is 10.8. The molecule has 0 spiro atoms. The molecule has 82 valence electrons. The predicted molar refractivity (Wildman–Crippen MR) is 60.0 cm³/mol. The number of esters is 1. The summed E-state index contributed by atoms with van der Waals surface area (Å²) < 4.78 is 4.67. The Hall–Kier alpha value is -0.986. The van der Waals surface area contributed by atoms with Crippen LogP contribution in [0.3, 0.4) is 0 Å². The molecule has 0 aliphatic rings. The van der Waals surface area contributed by atoms with E-state index < -0.39 is 0 Å². The van der Waals surface area contributed by atoms with Crippen molar-refractivity contribution in [2.75, 3.05) is 7.11 Å². The van der Waals surface area contributed by atoms with Gasteiger partial charge in [0.15, 0.2) is 0 Å². The zero-order valence-electron chi connectivity index (χ0n) is 9.41. The minimum Gasteiger partial charge on any atom is -0.469 e. The molecule has 0 aliphatic heterocycles. The summed E-state index contributed by atoms with van der Waals surface area (Å²) >= 11 is 0. The molecular weight excluding hydrogens is 236 g/mol. The molecule has 16 heavy (non-hydrogen) atoms. The average Bonchev–Trinajstić information content (AvgIpc) is 2.57. The molecule has 0 fully saturated rings. The van der Waals surface area contributed by atoms with Gasteiger partial charge in [0.1, 0.15) is 0 Å². The van der Waals surface area contributed by atoms with Crippen LogP contribution in [0.4, 0.5) is 0 Å². The van der Waals surface area contributed by atoms with Crippen molar-refractivity contribution in [3.05, 3.63) is 41.5 Å². The zero-order valence-corrected chi connectivity index (χ0v) is 11.0. The largest absolute Gasteiger partial charge is 0.469 e. The van der Waals surface area contributed by atoms with E-state index >= 15 is 0 Å². The van der Waals surface area contributed by atoms with Crippen LogP contribution in [0.5, 0.6) is 0 Å². The molecule has 0 atom stereocenters. The summed E-state index contributed by atoms with van der Waals surface area (Å²) in [4.78, 5) is 11.2. The second-order valence-electron chi connectivity index (χ2n) is 3.63. The Morgan fingerprint density at radius 1 is 1.38 bits per heavy atom.